The third-order valence-electron chi connectivity index (χ3n) is 7.94. The van der Waals surface area contributed by atoms with Crippen molar-refractivity contribution in [2.75, 3.05) is 32.7 Å². The van der Waals surface area contributed by atoms with Gasteiger partial charge in [0.1, 0.15) is 0 Å². The first-order valence-corrected chi connectivity index (χ1v) is 13.5. The number of likely N-dealkylation sites (N-methyl/N-ethyl adjacent to an activating group) is 1. The minimum Gasteiger partial charge on any atom is -0.354 e. The SMILES string of the molecule is CCN1CCC[C@@H]1CNC(=O)C1CCN(Cc2cc3ccccc3n2Cc2ccccc2Cl)CC1. The summed E-state index contributed by atoms with van der Waals surface area (Å²) in [6.45, 7) is 8.82. The number of hydrogen-bond acceptors (Lipinski definition) is 3. The lowest BCUT2D eigenvalue weighted by Gasteiger charge is -2.32. The molecule has 6 heteroatoms. The van der Waals surface area contributed by atoms with Crippen LogP contribution < -0.4 is 5.32 Å². The van der Waals surface area contributed by atoms with Gasteiger partial charge >= 0.3 is 0 Å². The van der Waals surface area contributed by atoms with Gasteiger partial charge in [-0.2, -0.15) is 0 Å². The number of piperidine rings is 1. The molecule has 0 bridgehead atoms. The van der Waals surface area contributed by atoms with Crippen LogP contribution in [0.2, 0.25) is 5.02 Å². The molecule has 3 heterocycles. The van der Waals surface area contributed by atoms with Gasteiger partial charge in [0.25, 0.3) is 0 Å². The molecule has 0 saturated carbocycles. The summed E-state index contributed by atoms with van der Waals surface area (Å²) in [6, 6.07) is 19.5. The molecule has 1 N–H and O–H groups in total. The standard InChI is InChI=1S/C29H37ClN4O/c1-2-33-15-7-10-25(33)19-31-29(35)22-13-16-32(17-14-22)21-26-18-23-8-4-6-12-28(23)34(26)20-24-9-3-5-11-27(24)30/h3-6,8-9,11-12,18,22,25H,2,7,10,13-17,19-21H2,1H3,(H,31,35)/t25-/m1/s1. The van der Waals surface area contributed by atoms with Crippen molar-refractivity contribution >= 4 is 28.4 Å². The highest BCUT2D eigenvalue weighted by atomic mass is 35.5. The molecule has 5 rings (SSSR count). The molecule has 186 valence electrons. The van der Waals surface area contributed by atoms with Gasteiger partial charge in [0.05, 0.1) is 0 Å². The minimum absolute atomic E-state index is 0.136. The highest BCUT2D eigenvalue weighted by Gasteiger charge is 2.28. The Kier molecular flexibility index (Phi) is 7.76. The van der Waals surface area contributed by atoms with Crippen molar-refractivity contribution in [1.82, 2.24) is 19.7 Å². The van der Waals surface area contributed by atoms with E-state index in [9.17, 15) is 4.79 Å². The van der Waals surface area contributed by atoms with Crippen molar-refractivity contribution in [3.63, 3.8) is 0 Å². The van der Waals surface area contributed by atoms with Gasteiger partial charge in [0, 0.05) is 47.8 Å². The van der Waals surface area contributed by atoms with Gasteiger partial charge in [-0.1, -0.05) is 54.9 Å². The van der Waals surface area contributed by atoms with Crippen molar-refractivity contribution in [3.8, 4) is 0 Å². The Bertz CT molecular complexity index is 1150. The molecule has 0 radical (unpaired) electrons. The molecule has 0 aliphatic carbocycles. The summed E-state index contributed by atoms with van der Waals surface area (Å²) >= 11 is 6.50. The maximum absolute atomic E-state index is 12.9. The van der Waals surface area contributed by atoms with E-state index >= 15 is 0 Å². The molecule has 2 saturated heterocycles. The topological polar surface area (TPSA) is 40.5 Å². The summed E-state index contributed by atoms with van der Waals surface area (Å²) in [5, 5.41) is 5.34. The Balaban J connectivity index is 1.21. The molecule has 35 heavy (non-hydrogen) atoms. The number of halogens is 1. The second kappa shape index (κ2) is 11.2. The Morgan fingerprint density at radius 1 is 1.00 bits per heavy atom. The molecule has 0 unspecified atom stereocenters. The van der Waals surface area contributed by atoms with Crippen molar-refractivity contribution < 1.29 is 4.79 Å². The maximum Gasteiger partial charge on any atom is 0.223 e. The lowest BCUT2D eigenvalue weighted by atomic mass is 9.95. The number of carbonyl (C=O) groups excluding carboxylic acids is 1. The molecule has 1 atom stereocenters. The number of benzene rings is 2. The number of carbonyl (C=O) groups is 1. The number of amides is 1. The van der Waals surface area contributed by atoms with Crippen LogP contribution in [-0.2, 0) is 17.9 Å². The number of fused-ring (bicyclic) bond motifs is 1. The second-order valence-electron chi connectivity index (χ2n) is 10.1. The van der Waals surface area contributed by atoms with E-state index in [0.29, 0.717) is 6.04 Å². The lowest BCUT2D eigenvalue weighted by molar-refractivity contribution is -0.126. The van der Waals surface area contributed by atoms with E-state index in [2.05, 4.69) is 69.1 Å². The van der Waals surface area contributed by atoms with Gasteiger partial charge in [0.2, 0.25) is 5.91 Å². The quantitative estimate of drug-likeness (QED) is 0.472. The van der Waals surface area contributed by atoms with E-state index in [1.807, 2.05) is 12.1 Å². The fourth-order valence-electron chi connectivity index (χ4n) is 5.87. The van der Waals surface area contributed by atoms with Gasteiger partial charge in [0.15, 0.2) is 0 Å². The van der Waals surface area contributed by atoms with E-state index in [0.717, 1.165) is 62.7 Å². The number of likely N-dealkylation sites (tertiary alicyclic amines) is 2. The maximum atomic E-state index is 12.9. The zero-order valence-corrected chi connectivity index (χ0v) is 21.5. The van der Waals surface area contributed by atoms with Crippen molar-refractivity contribution in [2.24, 2.45) is 5.92 Å². The number of rotatable bonds is 8. The zero-order chi connectivity index (χ0) is 24.2. The van der Waals surface area contributed by atoms with Gasteiger partial charge < -0.3 is 9.88 Å². The van der Waals surface area contributed by atoms with Crippen LogP contribution in [0, 0.1) is 5.92 Å². The molecule has 2 fully saturated rings. The van der Waals surface area contributed by atoms with Crippen LogP contribution in [0.15, 0.2) is 54.6 Å². The Morgan fingerprint density at radius 3 is 2.57 bits per heavy atom. The van der Waals surface area contributed by atoms with Crippen LogP contribution in [0.4, 0.5) is 0 Å². The summed E-state index contributed by atoms with van der Waals surface area (Å²) in [5.41, 5.74) is 3.68. The van der Waals surface area contributed by atoms with E-state index in [4.69, 9.17) is 11.6 Å². The number of nitrogens with zero attached hydrogens (tertiary/aromatic N) is 3. The first-order chi connectivity index (χ1) is 17.1. The highest BCUT2D eigenvalue weighted by molar-refractivity contribution is 6.31. The zero-order valence-electron chi connectivity index (χ0n) is 20.8. The fourth-order valence-corrected chi connectivity index (χ4v) is 6.07. The molecular weight excluding hydrogens is 456 g/mol. The lowest BCUT2D eigenvalue weighted by Crippen LogP contribution is -2.44. The van der Waals surface area contributed by atoms with Crippen molar-refractivity contribution in [3.05, 3.63) is 70.9 Å². The average molecular weight is 493 g/mol. The van der Waals surface area contributed by atoms with Gasteiger partial charge in [-0.3, -0.25) is 14.6 Å². The van der Waals surface area contributed by atoms with Crippen molar-refractivity contribution in [2.45, 2.75) is 51.7 Å². The Morgan fingerprint density at radius 2 is 1.77 bits per heavy atom. The molecular formula is C29H37ClN4O. The minimum atomic E-state index is 0.136. The largest absolute Gasteiger partial charge is 0.354 e. The normalized spacial score (nSPS) is 20.0. The predicted molar refractivity (Wildman–Crippen MR) is 144 cm³/mol. The molecule has 2 aliphatic rings. The summed E-state index contributed by atoms with van der Waals surface area (Å²) in [6.07, 6.45) is 4.31. The first kappa shape index (κ1) is 24.4. The number of nitrogens with one attached hydrogen (secondary N) is 1. The van der Waals surface area contributed by atoms with Crippen LogP contribution in [0.3, 0.4) is 0 Å². The summed E-state index contributed by atoms with van der Waals surface area (Å²) in [7, 11) is 0. The summed E-state index contributed by atoms with van der Waals surface area (Å²) in [5.74, 6) is 0.386. The van der Waals surface area contributed by atoms with Crippen LogP contribution >= 0.6 is 11.6 Å². The van der Waals surface area contributed by atoms with Crippen LogP contribution in [0.5, 0.6) is 0 Å². The molecule has 2 aromatic carbocycles. The van der Waals surface area contributed by atoms with Crippen molar-refractivity contribution in [1.29, 1.82) is 0 Å². The smallest absolute Gasteiger partial charge is 0.223 e. The Labute approximate surface area is 214 Å². The predicted octanol–water partition coefficient (Wildman–Crippen LogP) is 5.16. The van der Waals surface area contributed by atoms with Crippen LogP contribution in [-0.4, -0.2) is 59.0 Å². The fraction of sp³-hybridized carbons (Fsp3) is 0.483. The molecule has 2 aliphatic heterocycles. The van der Waals surface area contributed by atoms with E-state index in [-0.39, 0.29) is 11.8 Å². The number of hydrogen-bond donors (Lipinski definition) is 1. The Hall–Kier alpha value is -2.34. The van der Waals surface area contributed by atoms with E-state index in [1.165, 1.54) is 36.0 Å². The van der Waals surface area contributed by atoms with Gasteiger partial charge in [-0.15, -0.1) is 0 Å². The molecule has 0 spiro atoms. The molecule has 5 nitrogen and oxygen atoms in total. The van der Waals surface area contributed by atoms with Gasteiger partial charge in [-0.25, -0.2) is 0 Å². The van der Waals surface area contributed by atoms with Gasteiger partial charge in [-0.05, 0) is 81.0 Å². The van der Waals surface area contributed by atoms with E-state index < -0.39 is 0 Å². The summed E-state index contributed by atoms with van der Waals surface area (Å²) in [4.78, 5) is 17.8. The van der Waals surface area contributed by atoms with Crippen LogP contribution in [0.25, 0.3) is 10.9 Å². The molecule has 1 aromatic heterocycles. The average Bonchev–Trinajstić information content (AvgIpc) is 3.48. The monoisotopic (exact) mass is 492 g/mol. The number of para-hydroxylation sites is 1. The number of aromatic nitrogens is 1. The third kappa shape index (κ3) is 5.58. The third-order valence-corrected chi connectivity index (χ3v) is 8.31. The summed E-state index contributed by atoms with van der Waals surface area (Å²) < 4.78 is 2.40. The van der Waals surface area contributed by atoms with Crippen LogP contribution in [0.1, 0.15) is 43.9 Å². The first-order valence-electron chi connectivity index (χ1n) is 13.2. The second-order valence-corrected chi connectivity index (χ2v) is 10.5. The highest BCUT2D eigenvalue weighted by Crippen LogP contribution is 2.27. The van der Waals surface area contributed by atoms with E-state index in [1.54, 1.807) is 0 Å². The molecule has 3 aromatic rings. The molecule has 1 amide bonds.